The summed E-state index contributed by atoms with van der Waals surface area (Å²) in [6, 6.07) is 10.9. The van der Waals surface area contributed by atoms with Gasteiger partial charge in [-0.05, 0) is 42.0 Å². The molecule has 1 aromatic heterocycles. The zero-order chi connectivity index (χ0) is 15.2. The molecule has 0 bridgehead atoms. The van der Waals surface area contributed by atoms with Crippen LogP contribution >= 0.6 is 11.8 Å². The maximum atomic E-state index is 11.8. The van der Waals surface area contributed by atoms with Gasteiger partial charge in [0.25, 0.3) is 5.91 Å². The first-order chi connectivity index (χ1) is 10.8. The summed E-state index contributed by atoms with van der Waals surface area (Å²) in [5.74, 6) is 2.72. The smallest absolute Gasteiger partial charge is 0.271 e. The molecule has 1 fully saturated rings. The first-order valence-electron chi connectivity index (χ1n) is 6.89. The molecule has 22 heavy (non-hydrogen) atoms. The number of hydrogen-bond acceptors (Lipinski definition) is 5. The van der Waals surface area contributed by atoms with Crippen LogP contribution in [-0.2, 0) is 0 Å². The van der Waals surface area contributed by atoms with Crippen LogP contribution in [-0.4, -0.2) is 34.7 Å². The normalized spacial score (nSPS) is 14.5. The zero-order valence-electron chi connectivity index (χ0n) is 11.8. The summed E-state index contributed by atoms with van der Waals surface area (Å²) < 4.78 is 5.76. The third kappa shape index (κ3) is 3.85. The Bertz CT molecular complexity index is 655. The molecule has 6 heteroatoms. The van der Waals surface area contributed by atoms with Crippen LogP contribution in [0.3, 0.4) is 0 Å². The maximum Gasteiger partial charge on any atom is 0.271 e. The number of aromatic nitrogens is 1. The topological polar surface area (TPSA) is 63.6 Å². The number of nitrogens with zero attached hydrogens (tertiary/aromatic N) is 2. The number of nitrogens with one attached hydrogen (secondary N) is 1. The molecule has 3 rings (SSSR count). The van der Waals surface area contributed by atoms with Gasteiger partial charge >= 0.3 is 0 Å². The monoisotopic (exact) mass is 313 g/mol. The summed E-state index contributed by atoms with van der Waals surface area (Å²) in [4.78, 5) is 15.6. The lowest BCUT2D eigenvalue weighted by atomic mass is 10.2. The number of carbonyl (C=O) groups excluding carboxylic acids is 1. The van der Waals surface area contributed by atoms with Crippen molar-refractivity contribution in [2.75, 3.05) is 11.5 Å². The molecule has 112 valence electrons. The van der Waals surface area contributed by atoms with Gasteiger partial charge in [0, 0.05) is 29.5 Å². The third-order valence-corrected chi connectivity index (χ3v) is 4.33. The van der Waals surface area contributed by atoms with Crippen molar-refractivity contribution < 1.29 is 9.53 Å². The van der Waals surface area contributed by atoms with E-state index in [2.05, 4.69) is 15.5 Å². The molecule has 2 aromatic rings. The van der Waals surface area contributed by atoms with Gasteiger partial charge in [0.2, 0.25) is 0 Å². The Balaban J connectivity index is 1.52. The molecule has 0 radical (unpaired) electrons. The Morgan fingerprint density at radius 1 is 1.23 bits per heavy atom. The number of carbonyl (C=O) groups is 1. The van der Waals surface area contributed by atoms with Crippen LogP contribution in [0.1, 0.15) is 15.9 Å². The minimum absolute atomic E-state index is 0.263. The fraction of sp³-hybridized carbons (Fsp3) is 0.188. The summed E-state index contributed by atoms with van der Waals surface area (Å²) in [5, 5.41) is 3.95. The fourth-order valence-electron chi connectivity index (χ4n) is 1.84. The van der Waals surface area contributed by atoms with Crippen molar-refractivity contribution in [3.63, 3.8) is 0 Å². The Morgan fingerprint density at radius 3 is 2.59 bits per heavy atom. The van der Waals surface area contributed by atoms with E-state index in [4.69, 9.17) is 4.74 Å². The fourth-order valence-corrected chi connectivity index (χ4v) is 2.40. The van der Waals surface area contributed by atoms with Crippen molar-refractivity contribution in [3.05, 3.63) is 59.9 Å². The summed E-state index contributed by atoms with van der Waals surface area (Å²) in [7, 11) is 0. The highest BCUT2D eigenvalue weighted by molar-refractivity contribution is 8.00. The minimum Gasteiger partial charge on any atom is -0.489 e. The quantitative estimate of drug-likeness (QED) is 0.680. The molecule has 1 amide bonds. The van der Waals surface area contributed by atoms with Crippen molar-refractivity contribution in [3.8, 4) is 5.75 Å². The number of hydrogen-bond donors (Lipinski definition) is 1. The molecule has 1 saturated heterocycles. The van der Waals surface area contributed by atoms with Crippen molar-refractivity contribution in [1.29, 1.82) is 0 Å². The molecule has 0 atom stereocenters. The number of hydrazone groups is 1. The van der Waals surface area contributed by atoms with E-state index < -0.39 is 0 Å². The lowest BCUT2D eigenvalue weighted by Crippen LogP contribution is -2.30. The highest BCUT2D eigenvalue weighted by Crippen LogP contribution is 2.23. The molecule has 0 saturated carbocycles. The number of pyridine rings is 1. The second-order valence-corrected chi connectivity index (χ2v) is 5.86. The van der Waals surface area contributed by atoms with Gasteiger partial charge < -0.3 is 4.74 Å². The number of rotatable bonds is 5. The molecule has 1 aromatic carbocycles. The van der Waals surface area contributed by atoms with E-state index in [0.717, 1.165) is 22.8 Å². The Kier molecular flexibility index (Phi) is 4.70. The molecule has 1 N–H and O–H groups in total. The van der Waals surface area contributed by atoms with Gasteiger partial charge in [-0.25, -0.2) is 5.43 Å². The third-order valence-electron chi connectivity index (χ3n) is 3.11. The van der Waals surface area contributed by atoms with Gasteiger partial charge in [-0.1, -0.05) is 0 Å². The van der Waals surface area contributed by atoms with E-state index in [1.54, 1.807) is 30.7 Å². The predicted molar refractivity (Wildman–Crippen MR) is 87.5 cm³/mol. The standard InChI is InChI=1S/C16H15N3O2S/c20-16(13-5-7-17-8-6-13)19-18-9-12-1-3-14(4-2-12)21-15-10-22-11-15/h1-9,15H,10-11H2,(H,19,20). The summed E-state index contributed by atoms with van der Waals surface area (Å²) >= 11 is 1.89. The SMILES string of the molecule is O=C(NN=Cc1ccc(OC2CSC2)cc1)c1ccncc1. The molecule has 0 aliphatic carbocycles. The van der Waals surface area contributed by atoms with Gasteiger partial charge in [0.1, 0.15) is 11.9 Å². The van der Waals surface area contributed by atoms with E-state index in [1.807, 2.05) is 36.0 Å². The van der Waals surface area contributed by atoms with Crippen LogP contribution in [0.25, 0.3) is 0 Å². The minimum atomic E-state index is -0.263. The van der Waals surface area contributed by atoms with Gasteiger partial charge in [-0.15, -0.1) is 0 Å². The van der Waals surface area contributed by atoms with Gasteiger partial charge in [-0.3, -0.25) is 9.78 Å². The van der Waals surface area contributed by atoms with E-state index in [-0.39, 0.29) is 5.91 Å². The van der Waals surface area contributed by atoms with Gasteiger partial charge in [0.05, 0.1) is 6.21 Å². The average Bonchev–Trinajstić information content (AvgIpc) is 2.53. The first kappa shape index (κ1) is 14.6. The first-order valence-corrected chi connectivity index (χ1v) is 8.04. The van der Waals surface area contributed by atoms with Crippen LogP contribution in [0.2, 0.25) is 0 Å². The molecule has 1 aliphatic rings. The molecule has 2 heterocycles. The Morgan fingerprint density at radius 2 is 1.95 bits per heavy atom. The Labute approximate surface area is 132 Å². The van der Waals surface area contributed by atoms with Crippen LogP contribution in [0, 0.1) is 0 Å². The lowest BCUT2D eigenvalue weighted by molar-refractivity contribution is 0.0955. The highest BCUT2D eigenvalue weighted by atomic mass is 32.2. The van der Waals surface area contributed by atoms with E-state index in [1.165, 1.54) is 0 Å². The van der Waals surface area contributed by atoms with Crippen LogP contribution in [0.5, 0.6) is 5.75 Å². The van der Waals surface area contributed by atoms with Gasteiger partial charge in [-0.2, -0.15) is 16.9 Å². The van der Waals surface area contributed by atoms with E-state index >= 15 is 0 Å². The molecular formula is C16H15N3O2S. The average molecular weight is 313 g/mol. The van der Waals surface area contributed by atoms with Crippen LogP contribution in [0.4, 0.5) is 0 Å². The largest absolute Gasteiger partial charge is 0.489 e. The van der Waals surface area contributed by atoms with Crippen molar-refractivity contribution >= 4 is 23.9 Å². The van der Waals surface area contributed by atoms with Gasteiger partial charge in [0.15, 0.2) is 0 Å². The second kappa shape index (κ2) is 7.09. The summed E-state index contributed by atoms with van der Waals surface area (Å²) in [5.41, 5.74) is 3.90. The van der Waals surface area contributed by atoms with Crippen molar-refractivity contribution in [2.24, 2.45) is 5.10 Å². The molecule has 5 nitrogen and oxygen atoms in total. The van der Waals surface area contributed by atoms with Crippen molar-refractivity contribution in [2.45, 2.75) is 6.10 Å². The number of benzene rings is 1. The van der Waals surface area contributed by atoms with E-state index in [0.29, 0.717) is 11.7 Å². The summed E-state index contributed by atoms with van der Waals surface area (Å²) in [6.45, 7) is 0. The molecule has 0 spiro atoms. The zero-order valence-corrected chi connectivity index (χ0v) is 12.6. The number of amides is 1. The van der Waals surface area contributed by atoms with Crippen LogP contribution < -0.4 is 10.2 Å². The molecule has 0 unspecified atom stereocenters. The number of thioether (sulfide) groups is 1. The molecular weight excluding hydrogens is 298 g/mol. The Hall–Kier alpha value is -2.34. The lowest BCUT2D eigenvalue weighted by Gasteiger charge is -2.25. The summed E-state index contributed by atoms with van der Waals surface area (Å²) in [6.07, 6.45) is 5.07. The molecule has 1 aliphatic heterocycles. The maximum absolute atomic E-state index is 11.8. The highest BCUT2D eigenvalue weighted by Gasteiger charge is 2.19. The van der Waals surface area contributed by atoms with E-state index in [9.17, 15) is 4.79 Å². The second-order valence-electron chi connectivity index (χ2n) is 4.78. The van der Waals surface area contributed by atoms with Crippen LogP contribution in [0.15, 0.2) is 53.9 Å². The predicted octanol–water partition coefficient (Wildman–Crippen LogP) is 2.34. The van der Waals surface area contributed by atoms with Crippen molar-refractivity contribution in [1.82, 2.24) is 10.4 Å². The number of ether oxygens (including phenoxy) is 1.